The number of amides is 1. The number of piperidine rings is 1. The average Bonchev–Trinajstić information content (AvgIpc) is 3.45. The number of nitrogens with one attached hydrogen (secondary N) is 1. The minimum absolute atomic E-state index is 0. The van der Waals surface area contributed by atoms with Crippen LogP contribution in [0.5, 0.6) is 0 Å². The fourth-order valence-corrected chi connectivity index (χ4v) is 5.95. The first kappa shape index (κ1) is 19.4. The van der Waals surface area contributed by atoms with Gasteiger partial charge in [0.05, 0.1) is 16.6 Å². The fourth-order valence-electron chi connectivity index (χ4n) is 5.95. The van der Waals surface area contributed by atoms with Gasteiger partial charge in [-0.25, -0.2) is 4.98 Å². The number of carbonyl (C=O) groups excluding carboxylic acids is 1. The van der Waals surface area contributed by atoms with Crippen LogP contribution in [0.1, 0.15) is 54.6 Å². The molecule has 6 rings (SSSR count). The molecular weight excluding hydrogens is 374 g/mol. The zero-order chi connectivity index (χ0) is 19.6. The molecule has 2 aliphatic heterocycles. The van der Waals surface area contributed by atoms with Crippen LogP contribution in [0.4, 0.5) is 5.82 Å². The van der Waals surface area contributed by atoms with Crippen molar-refractivity contribution in [3.05, 3.63) is 41.0 Å². The van der Waals surface area contributed by atoms with Gasteiger partial charge in [0, 0.05) is 19.6 Å². The predicted molar refractivity (Wildman–Crippen MR) is 121 cm³/mol. The minimum Gasteiger partial charge on any atom is -0.365 e. The summed E-state index contributed by atoms with van der Waals surface area (Å²) in [5.41, 5.74) is 12.2. The smallest absolute Gasteiger partial charge is 0.252 e. The van der Waals surface area contributed by atoms with Crippen LogP contribution in [0.25, 0.3) is 16.7 Å². The number of para-hydroxylation sites is 2. The monoisotopic (exact) mass is 405 g/mol. The molecule has 3 aromatic rings. The van der Waals surface area contributed by atoms with Crippen molar-refractivity contribution in [1.82, 2.24) is 14.7 Å². The summed E-state index contributed by atoms with van der Waals surface area (Å²) in [6.45, 7) is 4.43. The minimum atomic E-state index is -0.357. The van der Waals surface area contributed by atoms with Crippen LogP contribution in [-0.2, 0) is 12.8 Å². The van der Waals surface area contributed by atoms with E-state index < -0.39 is 0 Å². The highest BCUT2D eigenvalue weighted by Gasteiger charge is 2.39. The third-order valence-corrected chi connectivity index (χ3v) is 7.49. The number of fused-ring (bicyclic) bond motifs is 4. The number of primary amides is 1. The van der Waals surface area contributed by atoms with Gasteiger partial charge in [-0.15, -0.1) is 0 Å². The van der Waals surface area contributed by atoms with Gasteiger partial charge in [-0.05, 0) is 73.7 Å². The summed E-state index contributed by atoms with van der Waals surface area (Å²) >= 11 is 0. The van der Waals surface area contributed by atoms with E-state index in [0.717, 1.165) is 67.7 Å². The van der Waals surface area contributed by atoms with E-state index in [0.29, 0.717) is 11.0 Å². The molecule has 2 fully saturated rings. The summed E-state index contributed by atoms with van der Waals surface area (Å²) < 4.78 is 2.23. The van der Waals surface area contributed by atoms with Crippen LogP contribution >= 0.6 is 0 Å². The zero-order valence-corrected chi connectivity index (χ0v) is 16.7. The lowest BCUT2D eigenvalue weighted by Crippen LogP contribution is -2.42. The molecule has 6 heteroatoms. The Balaban J connectivity index is 0.00000193. The number of nitrogens with two attached hydrogens (primary N) is 1. The number of nitrogens with zero attached hydrogens (tertiary/aromatic N) is 3. The maximum atomic E-state index is 12.5. The molecule has 0 radical (unpaired) electrons. The number of anilines is 1. The average molecular weight is 406 g/mol. The second kappa shape index (κ2) is 6.98. The SMILES string of the molecule is C.NC(=O)c1c2c(c(N3CCC4(CCNC4)CC3)n3c1nc1ccccc13)CCC2. The molecule has 1 aromatic carbocycles. The quantitative estimate of drug-likeness (QED) is 0.686. The van der Waals surface area contributed by atoms with E-state index in [1.807, 2.05) is 18.2 Å². The topological polar surface area (TPSA) is 75.7 Å². The number of benzene rings is 1. The summed E-state index contributed by atoms with van der Waals surface area (Å²) in [5, 5.41) is 3.56. The van der Waals surface area contributed by atoms with Crippen molar-refractivity contribution in [3.8, 4) is 0 Å². The van der Waals surface area contributed by atoms with Crippen molar-refractivity contribution in [2.75, 3.05) is 31.1 Å². The summed E-state index contributed by atoms with van der Waals surface area (Å²) in [5.74, 6) is 0.900. The Labute approximate surface area is 177 Å². The number of carbonyl (C=O) groups is 1. The molecular formula is C24H31N5O. The Morgan fingerprint density at radius 2 is 1.87 bits per heavy atom. The molecule has 1 aliphatic carbocycles. The normalized spacial score (nSPS) is 20.1. The molecule has 2 saturated heterocycles. The summed E-state index contributed by atoms with van der Waals surface area (Å²) in [7, 11) is 0. The lowest BCUT2D eigenvalue weighted by atomic mass is 9.78. The number of rotatable bonds is 2. The molecule has 30 heavy (non-hydrogen) atoms. The molecule has 4 heterocycles. The molecule has 0 unspecified atom stereocenters. The Bertz CT molecular complexity index is 1130. The summed E-state index contributed by atoms with van der Waals surface area (Å²) in [6, 6.07) is 8.19. The number of hydrogen-bond acceptors (Lipinski definition) is 4. The van der Waals surface area contributed by atoms with Gasteiger partial charge < -0.3 is 16.0 Å². The molecule has 1 amide bonds. The Morgan fingerprint density at radius 3 is 2.60 bits per heavy atom. The highest BCUT2D eigenvalue weighted by atomic mass is 16.1. The zero-order valence-electron chi connectivity index (χ0n) is 16.7. The van der Waals surface area contributed by atoms with E-state index in [1.54, 1.807) is 0 Å². The van der Waals surface area contributed by atoms with Crippen molar-refractivity contribution in [3.63, 3.8) is 0 Å². The maximum Gasteiger partial charge on any atom is 0.252 e. The van der Waals surface area contributed by atoms with Crippen LogP contribution in [0.15, 0.2) is 24.3 Å². The predicted octanol–water partition coefficient (Wildman–Crippen LogP) is 3.29. The van der Waals surface area contributed by atoms with E-state index in [9.17, 15) is 4.79 Å². The molecule has 1 spiro atoms. The molecule has 3 N–H and O–H groups in total. The van der Waals surface area contributed by atoms with Gasteiger partial charge >= 0.3 is 0 Å². The highest BCUT2D eigenvalue weighted by molar-refractivity contribution is 6.03. The van der Waals surface area contributed by atoms with Gasteiger partial charge in [0.2, 0.25) is 0 Å². The molecule has 2 aromatic heterocycles. The van der Waals surface area contributed by atoms with E-state index in [-0.39, 0.29) is 13.3 Å². The van der Waals surface area contributed by atoms with Crippen molar-refractivity contribution in [1.29, 1.82) is 0 Å². The van der Waals surface area contributed by atoms with Crippen LogP contribution in [0.2, 0.25) is 0 Å². The van der Waals surface area contributed by atoms with Crippen LogP contribution in [0, 0.1) is 5.41 Å². The van der Waals surface area contributed by atoms with Crippen LogP contribution in [0.3, 0.4) is 0 Å². The van der Waals surface area contributed by atoms with Crippen molar-refractivity contribution < 1.29 is 4.79 Å². The number of imidazole rings is 1. The highest BCUT2D eigenvalue weighted by Crippen LogP contribution is 2.42. The Hall–Kier alpha value is -2.60. The first-order chi connectivity index (χ1) is 14.2. The Kier molecular flexibility index (Phi) is 4.51. The van der Waals surface area contributed by atoms with E-state index in [1.165, 1.54) is 30.6 Å². The van der Waals surface area contributed by atoms with Crippen LogP contribution < -0.4 is 16.0 Å². The van der Waals surface area contributed by atoms with Crippen molar-refractivity contribution in [2.24, 2.45) is 11.1 Å². The van der Waals surface area contributed by atoms with E-state index in [4.69, 9.17) is 10.7 Å². The third kappa shape index (κ3) is 2.66. The standard InChI is InChI=1S/C23H27N5O.CH4/c24-20(29)19-15-4-3-5-16(15)22(27-12-9-23(10-13-27)8-11-25-14-23)28-18-7-2-1-6-17(18)26-21(19)28;/h1-2,6-7,25H,3-5,8-14H2,(H2,24,29);1H4. The number of hydrogen-bond donors (Lipinski definition) is 2. The van der Waals surface area contributed by atoms with Gasteiger partial charge in [-0.2, -0.15) is 0 Å². The van der Waals surface area contributed by atoms with Gasteiger partial charge in [0.15, 0.2) is 5.65 Å². The van der Waals surface area contributed by atoms with Crippen molar-refractivity contribution >= 4 is 28.4 Å². The first-order valence-corrected chi connectivity index (χ1v) is 10.9. The Morgan fingerprint density at radius 1 is 1.10 bits per heavy atom. The van der Waals surface area contributed by atoms with E-state index >= 15 is 0 Å². The largest absolute Gasteiger partial charge is 0.365 e. The molecule has 0 atom stereocenters. The van der Waals surface area contributed by atoms with Gasteiger partial charge in [0.25, 0.3) is 5.91 Å². The maximum absolute atomic E-state index is 12.5. The van der Waals surface area contributed by atoms with Gasteiger partial charge in [-0.3, -0.25) is 9.20 Å². The molecule has 6 nitrogen and oxygen atoms in total. The van der Waals surface area contributed by atoms with Crippen LogP contribution in [-0.4, -0.2) is 41.5 Å². The second-order valence-corrected chi connectivity index (χ2v) is 9.05. The molecule has 3 aliphatic rings. The molecule has 0 bridgehead atoms. The van der Waals surface area contributed by atoms with Gasteiger partial charge in [-0.1, -0.05) is 19.6 Å². The third-order valence-electron chi connectivity index (χ3n) is 7.49. The number of aromatic nitrogens is 2. The summed E-state index contributed by atoms with van der Waals surface area (Å²) in [4.78, 5) is 19.9. The van der Waals surface area contributed by atoms with E-state index in [2.05, 4.69) is 20.7 Å². The lowest BCUT2D eigenvalue weighted by Gasteiger charge is -2.41. The lowest BCUT2D eigenvalue weighted by molar-refractivity contribution is 0.100. The van der Waals surface area contributed by atoms with Gasteiger partial charge in [0.1, 0.15) is 5.82 Å². The summed E-state index contributed by atoms with van der Waals surface area (Å²) in [6.07, 6.45) is 6.75. The fraction of sp³-hybridized carbons (Fsp3) is 0.500. The molecule has 158 valence electrons. The molecule has 0 saturated carbocycles. The first-order valence-electron chi connectivity index (χ1n) is 10.9. The van der Waals surface area contributed by atoms with Crippen molar-refractivity contribution in [2.45, 2.75) is 46.0 Å². The second-order valence-electron chi connectivity index (χ2n) is 9.05. The number of pyridine rings is 1.